The molecule has 3 nitrogen and oxygen atoms in total. The highest BCUT2D eigenvalue weighted by Crippen LogP contribution is 2.51. The zero-order chi connectivity index (χ0) is 11.8. The van der Waals surface area contributed by atoms with E-state index < -0.39 is 0 Å². The summed E-state index contributed by atoms with van der Waals surface area (Å²) in [5.41, 5.74) is 0.522. The van der Waals surface area contributed by atoms with Gasteiger partial charge in [-0.3, -0.25) is 4.79 Å². The number of carbonyl (C=O) groups excluding carboxylic acids is 1. The predicted molar refractivity (Wildman–Crippen MR) is 65.2 cm³/mol. The van der Waals surface area contributed by atoms with Crippen LogP contribution in [0.2, 0.25) is 0 Å². The number of likely N-dealkylation sites (tertiary alicyclic amines) is 1. The van der Waals surface area contributed by atoms with E-state index in [0.717, 1.165) is 25.6 Å². The summed E-state index contributed by atoms with van der Waals surface area (Å²) >= 11 is 0. The van der Waals surface area contributed by atoms with Crippen molar-refractivity contribution in [1.82, 2.24) is 10.2 Å². The summed E-state index contributed by atoms with van der Waals surface area (Å²) < 4.78 is 0. The summed E-state index contributed by atoms with van der Waals surface area (Å²) in [4.78, 5) is 13.5. The van der Waals surface area contributed by atoms with Crippen LogP contribution >= 0.6 is 0 Å². The Bertz CT molecular complexity index is 261. The highest BCUT2D eigenvalue weighted by atomic mass is 16.2. The molecule has 1 aliphatic heterocycles. The van der Waals surface area contributed by atoms with Crippen LogP contribution in [0.3, 0.4) is 0 Å². The number of nitrogens with zero attached hydrogens (tertiary/aromatic N) is 1. The van der Waals surface area contributed by atoms with E-state index in [1.807, 2.05) is 11.8 Å². The summed E-state index contributed by atoms with van der Waals surface area (Å²) in [7, 11) is 0. The maximum absolute atomic E-state index is 11.4. The maximum Gasteiger partial charge on any atom is 0.222 e. The third-order valence-electron chi connectivity index (χ3n) is 3.97. The molecule has 0 bridgehead atoms. The highest BCUT2D eigenvalue weighted by Gasteiger charge is 2.52. The van der Waals surface area contributed by atoms with Crippen LogP contribution in [0.15, 0.2) is 0 Å². The fourth-order valence-electron chi connectivity index (χ4n) is 3.13. The Hall–Kier alpha value is -0.570. The molecule has 3 heteroatoms. The maximum atomic E-state index is 11.4. The van der Waals surface area contributed by atoms with Gasteiger partial charge in [0, 0.05) is 31.0 Å². The first-order valence-electron chi connectivity index (χ1n) is 6.56. The molecular weight excluding hydrogens is 200 g/mol. The Kier molecular flexibility index (Phi) is 3.24. The standard InChI is InChI=1S/C13H24N2O/c1-4-12(16)15-8-13(9-15)5-11(6-13)7-14-10(2)3/h10-11,14H,4-9H2,1-3H3. The molecule has 1 saturated carbocycles. The van der Waals surface area contributed by atoms with E-state index in [9.17, 15) is 4.79 Å². The predicted octanol–water partition coefficient (Wildman–Crippen LogP) is 1.63. The van der Waals surface area contributed by atoms with Gasteiger partial charge in [0.15, 0.2) is 0 Å². The Morgan fingerprint density at radius 3 is 2.56 bits per heavy atom. The quantitative estimate of drug-likeness (QED) is 0.787. The summed E-state index contributed by atoms with van der Waals surface area (Å²) in [5, 5.41) is 3.50. The largest absolute Gasteiger partial charge is 0.341 e. The fourth-order valence-corrected chi connectivity index (χ4v) is 3.13. The molecule has 1 amide bonds. The SMILES string of the molecule is CCC(=O)N1CC2(CC(CNC(C)C)C2)C1. The smallest absolute Gasteiger partial charge is 0.222 e. The van der Waals surface area contributed by atoms with Gasteiger partial charge < -0.3 is 10.2 Å². The van der Waals surface area contributed by atoms with E-state index in [1.165, 1.54) is 12.8 Å². The van der Waals surface area contributed by atoms with Crippen LogP contribution in [0.25, 0.3) is 0 Å². The molecule has 2 fully saturated rings. The van der Waals surface area contributed by atoms with Gasteiger partial charge in [-0.05, 0) is 25.3 Å². The van der Waals surface area contributed by atoms with Gasteiger partial charge in [-0.25, -0.2) is 0 Å². The topological polar surface area (TPSA) is 32.3 Å². The van der Waals surface area contributed by atoms with Crippen molar-refractivity contribution in [1.29, 1.82) is 0 Å². The molecule has 1 aliphatic carbocycles. The van der Waals surface area contributed by atoms with Crippen molar-refractivity contribution >= 4 is 5.91 Å². The minimum atomic E-state index is 0.328. The van der Waals surface area contributed by atoms with Gasteiger partial charge in [0.2, 0.25) is 5.91 Å². The third kappa shape index (κ3) is 2.24. The van der Waals surface area contributed by atoms with Crippen LogP contribution in [0, 0.1) is 11.3 Å². The van der Waals surface area contributed by atoms with E-state index in [2.05, 4.69) is 19.2 Å². The molecule has 1 spiro atoms. The highest BCUT2D eigenvalue weighted by molar-refractivity contribution is 5.76. The number of nitrogens with one attached hydrogen (secondary N) is 1. The van der Waals surface area contributed by atoms with E-state index in [0.29, 0.717) is 23.8 Å². The van der Waals surface area contributed by atoms with E-state index in [-0.39, 0.29) is 0 Å². The van der Waals surface area contributed by atoms with Crippen LogP contribution < -0.4 is 5.32 Å². The van der Waals surface area contributed by atoms with Crippen molar-refractivity contribution in [3.05, 3.63) is 0 Å². The van der Waals surface area contributed by atoms with Crippen molar-refractivity contribution in [3.8, 4) is 0 Å². The van der Waals surface area contributed by atoms with Crippen molar-refractivity contribution in [2.75, 3.05) is 19.6 Å². The van der Waals surface area contributed by atoms with Gasteiger partial charge in [0.05, 0.1) is 0 Å². The number of rotatable bonds is 4. The number of amides is 1. The molecular formula is C13H24N2O. The molecule has 0 unspecified atom stereocenters. The third-order valence-corrected chi connectivity index (χ3v) is 3.97. The van der Waals surface area contributed by atoms with E-state index in [1.54, 1.807) is 0 Å². The van der Waals surface area contributed by atoms with Crippen molar-refractivity contribution in [2.24, 2.45) is 11.3 Å². The van der Waals surface area contributed by atoms with Gasteiger partial charge in [0.1, 0.15) is 0 Å². The summed E-state index contributed by atoms with van der Waals surface area (Å²) in [5.74, 6) is 1.18. The lowest BCUT2D eigenvalue weighted by atomic mass is 9.57. The minimum Gasteiger partial charge on any atom is -0.341 e. The second kappa shape index (κ2) is 4.36. The second-order valence-corrected chi connectivity index (χ2v) is 5.94. The first-order chi connectivity index (χ1) is 7.54. The Morgan fingerprint density at radius 1 is 1.44 bits per heavy atom. The van der Waals surface area contributed by atoms with Gasteiger partial charge >= 0.3 is 0 Å². The van der Waals surface area contributed by atoms with E-state index >= 15 is 0 Å². The fraction of sp³-hybridized carbons (Fsp3) is 0.923. The Labute approximate surface area is 98.6 Å². The van der Waals surface area contributed by atoms with Gasteiger partial charge in [0.25, 0.3) is 0 Å². The zero-order valence-corrected chi connectivity index (χ0v) is 10.8. The van der Waals surface area contributed by atoms with Crippen LogP contribution in [0.5, 0.6) is 0 Å². The molecule has 92 valence electrons. The molecule has 2 aliphatic rings. The number of carbonyl (C=O) groups is 1. The molecule has 0 aromatic rings. The van der Waals surface area contributed by atoms with Crippen molar-refractivity contribution < 1.29 is 4.79 Å². The molecule has 2 rings (SSSR count). The first-order valence-corrected chi connectivity index (χ1v) is 6.56. The lowest BCUT2D eigenvalue weighted by Crippen LogP contribution is -2.64. The van der Waals surface area contributed by atoms with Crippen LogP contribution in [0.1, 0.15) is 40.0 Å². The monoisotopic (exact) mass is 224 g/mol. The van der Waals surface area contributed by atoms with Crippen LogP contribution in [-0.2, 0) is 4.79 Å². The average molecular weight is 224 g/mol. The molecule has 0 aromatic heterocycles. The molecule has 1 heterocycles. The van der Waals surface area contributed by atoms with Crippen LogP contribution in [0.4, 0.5) is 0 Å². The zero-order valence-electron chi connectivity index (χ0n) is 10.8. The first kappa shape index (κ1) is 11.9. The van der Waals surface area contributed by atoms with Gasteiger partial charge in [-0.2, -0.15) is 0 Å². The summed E-state index contributed by atoms with van der Waals surface area (Å²) in [6.45, 7) is 9.54. The molecule has 0 radical (unpaired) electrons. The average Bonchev–Trinajstić information content (AvgIpc) is 2.11. The number of hydrogen-bond donors (Lipinski definition) is 1. The second-order valence-electron chi connectivity index (χ2n) is 5.94. The van der Waals surface area contributed by atoms with Gasteiger partial charge in [-0.1, -0.05) is 20.8 Å². The molecule has 0 atom stereocenters. The molecule has 0 aromatic carbocycles. The minimum absolute atomic E-state index is 0.328. The summed E-state index contributed by atoms with van der Waals surface area (Å²) in [6.07, 6.45) is 3.30. The number of hydrogen-bond acceptors (Lipinski definition) is 2. The molecule has 1 N–H and O–H groups in total. The van der Waals surface area contributed by atoms with Gasteiger partial charge in [-0.15, -0.1) is 0 Å². The molecule has 1 saturated heterocycles. The van der Waals surface area contributed by atoms with Crippen molar-refractivity contribution in [3.63, 3.8) is 0 Å². The lowest BCUT2D eigenvalue weighted by Gasteiger charge is -2.59. The normalized spacial score (nSPS) is 23.4. The Balaban J connectivity index is 1.65. The van der Waals surface area contributed by atoms with Crippen molar-refractivity contribution in [2.45, 2.75) is 46.1 Å². The Morgan fingerprint density at radius 2 is 2.06 bits per heavy atom. The summed E-state index contributed by atoms with van der Waals surface area (Å²) in [6, 6.07) is 0.594. The van der Waals surface area contributed by atoms with Crippen LogP contribution in [-0.4, -0.2) is 36.5 Å². The molecule has 16 heavy (non-hydrogen) atoms. The lowest BCUT2D eigenvalue weighted by molar-refractivity contribution is -0.154. The van der Waals surface area contributed by atoms with E-state index in [4.69, 9.17) is 0 Å².